The zero-order valence-corrected chi connectivity index (χ0v) is 7.86. The molecular formula is C9H15NO3. The number of hydrogen-bond donors (Lipinski definition) is 0. The maximum absolute atomic E-state index is 11.1. The van der Waals surface area contributed by atoms with E-state index in [4.69, 9.17) is 0 Å². The molecule has 0 bridgehead atoms. The lowest BCUT2D eigenvalue weighted by molar-refractivity contribution is -0.109. The zero-order valence-electron chi connectivity index (χ0n) is 7.86. The van der Waals surface area contributed by atoms with Gasteiger partial charge in [0, 0.05) is 19.5 Å². The lowest BCUT2D eigenvalue weighted by Crippen LogP contribution is -2.39. The van der Waals surface area contributed by atoms with Crippen LogP contribution in [0.4, 0.5) is 4.79 Å². The largest absolute Gasteiger partial charge is 0.453 e. The lowest BCUT2D eigenvalue weighted by Gasteiger charge is -2.30. The number of nitrogens with zero attached hydrogens (tertiary/aromatic N) is 1. The Kier molecular flexibility index (Phi) is 3.73. The summed E-state index contributed by atoms with van der Waals surface area (Å²) < 4.78 is 4.61. The fourth-order valence-electron chi connectivity index (χ4n) is 1.69. The van der Waals surface area contributed by atoms with Gasteiger partial charge in [0.05, 0.1) is 7.11 Å². The highest BCUT2D eigenvalue weighted by Crippen LogP contribution is 2.18. The van der Waals surface area contributed by atoms with Crippen molar-refractivity contribution in [2.45, 2.75) is 19.3 Å². The van der Waals surface area contributed by atoms with E-state index in [2.05, 4.69) is 4.74 Å². The third kappa shape index (κ3) is 2.72. The van der Waals surface area contributed by atoms with E-state index < -0.39 is 0 Å². The first-order valence-corrected chi connectivity index (χ1v) is 4.54. The van der Waals surface area contributed by atoms with E-state index in [1.165, 1.54) is 7.11 Å². The summed E-state index contributed by atoms with van der Waals surface area (Å²) in [5.74, 6) is 0.324. The van der Waals surface area contributed by atoms with Crippen molar-refractivity contribution in [3.63, 3.8) is 0 Å². The Hall–Kier alpha value is -1.06. The molecule has 0 spiro atoms. The van der Waals surface area contributed by atoms with Crippen LogP contribution in [0.15, 0.2) is 0 Å². The lowest BCUT2D eigenvalue weighted by atomic mass is 9.96. The third-order valence-electron chi connectivity index (χ3n) is 2.38. The Morgan fingerprint density at radius 3 is 3.08 bits per heavy atom. The Balaban J connectivity index is 2.41. The first kappa shape index (κ1) is 10.0. The van der Waals surface area contributed by atoms with Gasteiger partial charge in [0.15, 0.2) is 0 Å². The molecule has 74 valence electrons. The number of hydrogen-bond acceptors (Lipinski definition) is 3. The number of likely N-dealkylation sites (tertiary alicyclic amines) is 1. The number of methoxy groups -OCH3 is 1. The second kappa shape index (κ2) is 4.84. The fraction of sp³-hybridized carbons (Fsp3) is 0.778. The van der Waals surface area contributed by atoms with Crippen molar-refractivity contribution in [1.29, 1.82) is 0 Å². The summed E-state index contributed by atoms with van der Waals surface area (Å²) in [4.78, 5) is 23.1. The first-order chi connectivity index (χ1) is 6.27. The number of ether oxygens (including phenoxy) is 1. The summed E-state index contributed by atoms with van der Waals surface area (Å²) >= 11 is 0. The van der Waals surface area contributed by atoms with Gasteiger partial charge in [0.2, 0.25) is 0 Å². The molecule has 0 radical (unpaired) electrons. The van der Waals surface area contributed by atoms with Crippen LogP contribution < -0.4 is 0 Å². The van der Waals surface area contributed by atoms with Crippen molar-refractivity contribution in [3.8, 4) is 0 Å². The highest BCUT2D eigenvalue weighted by atomic mass is 16.5. The van der Waals surface area contributed by atoms with Gasteiger partial charge >= 0.3 is 6.09 Å². The van der Waals surface area contributed by atoms with Crippen molar-refractivity contribution in [3.05, 3.63) is 0 Å². The highest BCUT2D eigenvalue weighted by Gasteiger charge is 2.23. The fourth-order valence-corrected chi connectivity index (χ4v) is 1.69. The Morgan fingerprint density at radius 1 is 1.69 bits per heavy atom. The van der Waals surface area contributed by atoms with Crippen molar-refractivity contribution in [2.75, 3.05) is 20.2 Å². The Bertz CT molecular complexity index is 193. The average Bonchev–Trinajstić information content (AvgIpc) is 2.18. The predicted octanol–water partition coefficient (Wildman–Crippen LogP) is 1.05. The number of rotatable bonds is 2. The van der Waals surface area contributed by atoms with Crippen LogP contribution in [0.3, 0.4) is 0 Å². The van der Waals surface area contributed by atoms with Crippen LogP contribution in [0.1, 0.15) is 19.3 Å². The Morgan fingerprint density at radius 2 is 2.46 bits per heavy atom. The van der Waals surface area contributed by atoms with Gasteiger partial charge in [-0.15, -0.1) is 0 Å². The maximum atomic E-state index is 11.1. The highest BCUT2D eigenvalue weighted by molar-refractivity contribution is 5.67. The smallest absolute Gasteiger partial charge is 0.409 e. The molecule has 0 aromatic rings. The molecular weight excluding hydrogens is 170 g/mol. The van der Waals surface area contributed by atoms with E-state index in [1.807, 2.05) is 0 Å². The standard InChI is InChI=1S/C9H15NO3/c1-13-9(12)10-5-2-3-8(7-10)4-6-11/h6,8H,2-5,7H2,1H3. The molecule has 0 aromatic carbocycles. The minimum absolute atomic E-state index is 0.282. The molecule has 1 atom stereocenters. The molecule has 1 fully saturated rings. The Labute approximate surface area is 77.8 Å². The van der Waals surface area contributed by atoms with Crippen LogP contribution in [0.25, 0.3) is 0 Å². The van der Waals surface area contributed by atoms with Crippen LogP contribution >= 0.6 is 0 Å². The molecule has 1 aliphatic heterocycles. The van der Waals surface area contributed by atoms with E-state index in [1.54, 1.807) is 4.90 Å². The van der Waals surface area contributed by atoms with Gasteiger partial charge in [-0.2, -0.15) is 0 Å². The summed E-state index contributed by atoms with van der Waals surface area (Å²) in [6.45, 7) is 1.41. The van der Waals surface area contributed by atoms with E-state index in [9.17, 15) is 9.59 Å². The van der Waals surface area contributed by atoms with Crippen LogP contribution in [0.5, 0.6) is 0 Å². The normalized spacial score (nSPS) is 22.5. The van der Waals surface area contributed by atoms with Crippen molar-refractivity contribution in [2.24, 2.45) is 5.92 Å². The molecule has 4 heteroatoms. The van der Waals surface area contributed by atoms with Gasteiger partial charge in [0.25, 0.3) is 0 Å². The molecule has 1 unspecified atom stereocenters. The molecule has 1 amide bonds. The van der Waals surface area contributed by atoms with E-state index in [0.717, 1.165) is 25.7 Å². The van der Waals surface area contributed by atoms with Crippen molar-refractivity contribution >= 4 is 12.4 Å². The number of amides is 1. The minimum atomic E-state index is -0.282. The second-order valence-corrected chi connectivity index (χ2v) is 3.33. The van der Waals surface area contributed by atoms with E-state index in [-0.39, 0.29) is 6.09 Å². The summed E-state index contributed by atoms with van der Waals surface area (Å²) in [5, 5.41) is 0. The van der Waals surface area contributed by atoms with Gasteiger partial charge in [-0.3, -0.25) is 0 Å². The van der Waals surface area contributed by atoms with Crippen LogP contribution in [-0.2, 0) is 9.53 Å². The van der Waals surface area contributed by atoms with Gasteiger partial charge < -0.3 is 14.4 Å². The molecule has 0 aliphatic carbocycles. The molecule has 0 saturated carbocycles. The average molecular weight is 185 g/mol. The number of piperidine rings is 1. The summed E-state index contributed by atoms with van der Waals surface area (Å²) in [5.41, 5.74) is 0. The van der Waals surface area contributed by atoms with E-state index in [0.29, 0.717) is 18.9 Å². The van der Waals surface area contributed by atoms with Gasteiger partial charge in [-0.05, 0) is 18.8 Å². The van der Waals surface area contributed by atoms with Crippen LogP contribution in [0, 0.1) is 5.92 Å². The molecule has 1 aliphatic rings. The van der Waals surface area contributed by atoms with Crippen molar-refractivity contribution < 1.29 is 14.3 Å². The number of aldehydes is 1. The molecule has 13 heavy (non-hydrogen) atoms. The van der Waals surface area contributed by atoms with E-state index >= 15 is 0 Å². The SMILES string of the molecule is COC(=O)N1CCCC(CC=O)C1. The summed E-state index contributed by atoms with van der Waals surface area (Å²) in [6, 6.07) is 0. The molecule has 0 N–H and O–H groups in total. The summed E-state index contributed by atoms with van der Waals surface area (Å²) in [6.07, 6.45) is 3.19. The topological polar surface area (TPSA) is 46.6 Å². The van der Waals surface area contributed by atoms with Crippen LogP contribution in [-0.4, -0.2) is 37.5 Å². The number of carbonyl (C=O) groups excluding carboxylic acids is 2. The van der Waals surface area contributed by atoms with Gasteiger partial charge in [0.1, 0.15) is 6.29 Å². The molecule has 0 aromatic heterocycles. The minimum Gasteiger partial charge on any atom is -0.453 e. The monoisotopic (exact) mass is 185 g/mol. The molecule has 1 heterocycles. The van der Waals surface area contributed by atoms with Crippen molar-refractivity contribution in [1.82, 2.24) is 4.90 Å². The molecule has 1 rings (SSSR count). The third-order valence-corrected chi connectivity index (χ3v) is 2.38. The summed E-state index contributed by atoms with van der Waals surface area (Å²) in [7, 11) is 1.38. The van der Waals surface area contributed by atoms with Crippen LogP contribution in [0.2, 0.25) is 0 Å². The molecule has 4 nitrogen and oxygen atoms in total. The second-order valence-electron chi connectivity index (χ2n) is 3.33. The quantitative estimate of drug-likeness (QED) is 0.604. The first-order valence-electron chi connectivity index (χ1n) is 4.54. The predicted molar refractivity (Wildman–Crippen MR) is 47.4 cm³/mol. The maximum Gasteiger partial charge on any atom is 0.409 e. The molecule has 1 saturated heterocycles. The van der Waals surface area contributed by atoms with Gasteiger partial charge in [-0.25, -0.2) is 4.79 Å². The number of carbonyl (C=O) groups is 2. The zero-order chi connectivity index (χ0) is 9.68. The van der Waals surface area contributed by atoms with Gasteiger partial charge in [-0.1, -0.05) is 0 Å².